The highest BCUT2D eigenvalue weighted by Gasteiger charge is 1.98. The number of anilines is 1. The van der Waals surface area contributed by atoms with Crippen molar-refractivity contribution in [2.24, 2.45) is 0 Å². The fourth-order valence-corrected chi connectivity index (χ4v) is 1.84. The van der Waals surface area contributed by atoms with Crippen molar-refractivity contribution in [3.8, 4) is 0 Å². The molecule has 2 N–H and O–H groups in total. The molecule has 19 heavy (non-hydrogen) atoms. The lowest BCUT2D eigenvalue weighted by molar-refractivity contribution is 0.685. The third-order valence-electron chi connectivity index (χ3n) is 2.07. The van der Waals surface area contributed by atoms with E-state index in [1.807, 2.05) is 6.92 Å². The molecule has 0 spiro atoms. The maximum absolute atomic E-state index is 11.3. The van der Waals surface area contributed by atoms with Crippen LogP contribution in [-0.4, -0.2) is 26.3 Å². The van der Waals surface area contributed by atoms with Gasteiger partial charge in [-0.15, -0.1) is 0 Å². The predicted octanol–water partition coefficient (Wildman–Crippen LogP) is 2.40. The van der Waals surface area contributed by atoms with Crippen LogP contribution in [-0.2, 0) is 9.52 Å². The van der Waals surface area contributed by atoms with Gasteiger partial charge in [0.25, 0.3) is 0 Å². The van der Waals surface area contributed by atoms with E-state index in [4.69, 9.17) is 5.73 Å². The van der Waals surface area contributed by atoms with E-state index in [1.54, 1.807) is 49.0 Å². The van der Waals surface area contributed by atoms with Gasteiger partial charge in [-0.1, -0.05) is 7.43 Å². The van der Waals surface area contributed by atoms with Crippen LogP contribution in [0.15, 0.2) is 47.6 Å². The molecule has 1 atom stereocenters. The molecular formula is C14H21N3OS. The molecule has 0 aliphatic rings. The molecule has 1 aromatic carbocycles. The first-order chi connectivity index (χ1) is 8.39. The normalized spacial score (nSPS) is 12.3. The van der Waals surface area contributed by atoms with Crippen molar-refractivity contribution in [3.05, 3.63) is 48.5 Å². The molecular weight excluding hydrogens is 258 g/mol. The van der Waals surface area contributed by atoms with Crippen molar-refractivity contribution in [2.75, 3.05) is 12.0 Å². The average molecular weight is 279 g/mol. The summed E-state index contributed by atoms with van der Waals surface area (Å²) in [6.07, 6.45) is 5.06. The molecule has 1 aromatic heterocycles. The lowest BCUT2D eigenvalue weighted by Crippen LogP contribution is -1.96. The lowest BCUT2D eigenvalue weighted by Gasteiger charge is -2.01. The number of benzene rings is 1. The summed E-state index contributed by atoms with van der Waals surface area (Å²) in [5, 5.41) is 0. The van der Waals surface area contributed by atoms with Crippen molar-refractivity contribution >= 4 is 21.1 Å². The minimum absolute atomic E-state index is 0. The monoisotopic (exact) mass is 279 g/mol. The van der Waals surface area contributed by atoms with Gasteiger partial charge in [-0.05, 0) is 52.6 Å². The van der Waals surface area contributed by atoms with E-state index < -0.39 is 9.52 Å². The Labute approximate surface area is 115 Å². The summed E-state index contributed by atoms with van der Waals surface area (Å²) in [5.74, 6) is 4.38. The second kappa shape index (κ2) is 7.53. The van der Waals surface area contributed by atoms with E-state index >= 15 is 0 Å². The third-order valence-corrected chi connectivity index (χ3v) is 3.34. The number of nitrogens with two attached hydrogens (primary N) is 1. The highest BCUT2D eigenvalue weighted by Crippen LogP contribution is 2.10. The number of rotatable bonds is 1. The summed E-state index contributed by atoms with van der Waals surface area (Å²) in [7, 11) is -2.08. The summed E-state index contributed by atoms with van der Waals surface area (Å²) in [4.78, 5) is 8.48. The van der Waals surface area contributed by atoms with Crippen LogP contribution >= 0.6 is 0 Å². The Kier molecular flexibility index (Phi) is 6.79. The Morgan fingerprint density at radius 1 is 1.16 bits per heavy atom. The number of hydrogen-bond donors (Lipinski definition) is 1. The molecule has 0 saturated carbocycles. The van der Waals surface area contributed by atoms with Gasteiger partial charge in [-0.25, -0.2) is 9.97 Å². The van der Waals surface area contributed by atoms with E-state index in [-0.39, 0.29) is 7.43 Å². The van der Waals surface area contributed by atoms with Gasteiger partial charge in [0.05, 0.1) is 0 Å². The van der Waals surface area contributed by atoms with Crippen LogP contribution in [0.1, 0.15) is 13.3 Å². The van der Waals surface area contributed by atoms with Crippen LogP contribution in [0, 0.1) is 6.92 Å². The third kappa shape index (κ3) is 6.57. The maximum Gasteiger partial charge on any atom is 0.125 e. The molecule has 0 aliphatic carbocycles. The number of nitrogens with zero attached hydrogens (tertiary/aromatic N) is 2. The largest absolute Gasteiger partial charge is 0.399 e. The molecule has 0 bridgehead atoms. The minimum atomic E-state index is -2.08. The van der Waals surface area contributed by atoms with Gasteiger partial charge in [0.15, 0.2) is 0 Å². The van der Waals surface area contributed by atoms with Crippen LogP contribution in [0.5, 0.6) is 0 Å². The fraction of sp³-hybridized carbons (Fsp3) is 0.214. The first kappa shape index (κ1) is 17.1. The number of hydrogen-bond acceptors (Lipinski definition) is 4. The van der Waals surface area contributed by atoms with Gasteiger partial charge in [0.1, 0.15) is 5.82 Å². The van der Waals surface area contributed by atoms with E-state index in [1.165, 1.54) is 0 Å². The molecule has 2 rings (SSSR count). The lowest BCUT2D eigenvalue weighted by atomic mass is 10.3. The first-order valence-corrected chi connectivity index (χ1v) is 7.44. The van der Waals surface area contributed by atoms with Gasteiger partial charge < -0.3 is 5.73 Å². The Balaban J connectivity index is 0.000000352. The number of nitrogen functional groups attached to an aromatic ring is 1. The van der Waals surface area contributed by atoms with E-state index in [0.717, 1.165) is 10.7 Å². The molecule has 0 radical (unpaired) electrons. The van der Waals surface area contributed by atoms with Crippen LogP contribution < -0.4 is 5.73 Å². The standard InChI is InChI=1S/C8H11NOS.C5H6N2.CH4/c1-11(2,10)8-5-3-7(9)4-6-8;1-5-6-3-2-4-7-5;/h3-6H,1,9H2,2H3;2-4H,1H3;1H4. The van der Waals surface area contributed by atoms with Gasteiger partial charge in [0.2, 0.25) is 0 Å². The van der Waals surface area contributed by atoms with Crippen LogP contribution in [0.3, 0.4) is 0 Å². The summed E-state index contributed by atoms with van der Waals surface area (Å²) in [6.45, 7) is 1.86. The van der Waals surface area contributed by atoms with Crippen LogP contribution in [0.2, 0.25) is 0 Å². The molecule has 0 aliphatic heterocycles. The zero-order valence-electron chi connectivity index (χ0n) is 10.5. The smallest absolute Gasteiger partial charge is 0.125 e. The van der Waals surface area contributed by atoms with Gasteiger partial charge in [-0.2, -0.15) is 0 Å². The SMILES string of the molecule is C.C=S(C)(=O)c1ccc(N)cc1.Cc1ncccn1. The second-order valence-electron chi connectivity index (χ2n) is 3.87. The minimum Gasteiger partial charge on any atom is -0.399 e. The number of aromatic nitrogens is 2. The average Bonchev–Trinajstić information content (AvgIpc) is 2.30. The van der Waals surface area contributed by atoms with Gasteiger partial charge in [0, 0.05) is 29.2 Å². The summed E-state index contributed by atoms with van der Waals surface area (Å²) >= 11 is 0. The first-order valence-electron chi connectivity index (χ1n) is 5.31. The molecule has 2 aromatic rings. The van der Waals surface area contributed by atoms with Crippen LogP contribution in [0.4, 0.5) is 5.69 Å². The Morgan fingerprint density at radius 3 is 1.95 bits per heavy atom. The fourth-order valence-electron chi connectivity index (χ4n) is 1.13. The van der Waals surface area contributed by atoms with E-state index in [9.17, 15) is 4.21 Å². The van der Waals surface area contributed by atoms with Gasteiger partial charge >= 0.3 is 0 Å². The molecule has 4 nitrogen and oxygen atoms in total. The zero-order valence-corrected chi connectivity index (χ0v) is 11.4. The molecule has 104 valence electrons. The molecule has 0 amide bonds. The Morgan fingerprint density at radius 2 is 1.63 bits per heavy atom. The summed E-state index contributed by atoms with van der Waals surface area (Å²) in [5.41, 5.74) is 6.13. The Hall–Kier alpha value is -1.88. The molecule has 1 unspecified atom stereocenters. The van der Waals surface area contributed by atoms with E-state index in [0.29, 0.717) is 5.69 Å². The van der Waals surface area contributed by atoms with E-state index in [2.05, 4.69) is 15.8 Å². The summed E-state index contributed by atoms with van der Waals surface area (Å²) < 4.78 is 11.3. The maximum atomic E-state index is 11.3. The highest BCUT2D eigenvalue weighted by molar-refractivity contribution is 7.99. The Bertz CT molecular complexity index is 578. The highest BCUT2D eigenvalue weighted by atomic mass is 32.2. The molecule has 1 heterocycles. The second-order valence-corrected chi connectivity index (χ2v) is 6.35. The summed E-state index contributed by atoms with van der Waals surface area (Å²) in [6, 6.07) is 8.73. The molecule has 0 fully saturated rings. The van der Waals surface area contributed by atoms with Gasteiger partial charge in [-0.3, -0.25) is 4.21 Å². The quantitative estimate of drug-likeness (QED) is 0.643. The predicted molar refractivity (Wildman–Crippen MR) is 83.8 cm³/mol. The van der Waals surface area contributed by atoms with Crippen molar-refractivity contribution in [2.45, 2.75) is 19.2 Å². The van der Waals surface area contributed by atoms with Crippen molar-refractivity contribution < 1.29 is 4.21 Å². The molecule has 5 heteroatoms. The number of aryl methyl sites for hydroxylation is 1. The topological polar surface area (TPSA) is 68.9 Å². The molecule has 0 saturated heterocycles. The van der Waals surface area contributed by atoms with Crippen molar-refractivity contribution in [1.82, 2.24) is 9.97 Å². The van der Waals surface area contributed by atoms with Crippen molar-refractivity contribution in [3.63, 3.8) is 0 Å². The van der Waals surface area contributed by atoms with Crippen molar-refractivity contribution in [1.29, 1.82) is 0 Å². The zero-order chi connectivity index (χ0) is 13.6. The van der Waals surface area contributed by atoms with Crippen LogP contribution in [0.25, 0.3) is 0 Å².